The smallest absolute Gasteiger partial charge is 0.374 e. The molecule has 0 spiro atoms. The van der Waals surface area contributed by atoms with E-state index in [-0.39, 0.29) is 6.61 Å². The highest BCUT2D eigenvalue weighted by atomic mass is 79.9. The molecule has 82 valence electrons. The van der Waals surface area contributed by atoms with Gasteiger partial charge in [-0.1, -0.05) is 28.8 Å². The predicted octanol–water partition coefficient (Wildman–Crippen LogP) is 2.46. The van der Waals surface area contributed by atoms with Crippen LogP contribution in [-0.4, -0.2) is 23.7 Å². The van der Waals surface area contributed by atoms with E-state index in [1.165, 1.54) is 0 Å². The molecule has 0 aromatic heterocycles. The van der Waals surface area contributed by atoms with Crippen LogP contribution in [0.1, 0.15) is 39.0 Å². The molecular weight excluding hydrogens is 248 g/mol. The first-order valence-electron chi connectivity index (χ1n) is 4.98. The Morgan fingerprint density at radius 3 is 2.36 bits per heavy atom. The highest BCUT2D eigenvalue weighted by Gasteiger charge is 2.13. The number of ketones is 1. The number of hydrogen-bond donors (Lipinski definition) is 0. The molecule has 0 radical (unpaired) electrons. The van der Waals surface area contributed by atoms with Crippen molar-refractivity contribution in [2.45, 2.75) is 39.0 Å². The molecule has 0 N–H and O–H groups in total. The third-order valence-corrected chi connectivity index (χ3v) is 2.35. The minimum Gasteiger partial charge on any atom is -0.460 e. The Morgan fingerprint density at radius 1 is 1.14 bits per heavy atom. The van der Waals surface area contributed by atoms with Crippen LogP contribution >= 0.6 is 15.9 Å². The maximum atomic E-state index is 11.1. The minimum atomic E-state index is -0.687. The number of esters is 1. The molecule has 0 amide bonds. The number of halogens is 1. The quantitative estimate of drug-likeness (QED) is 0.293. The Kier molecular flexibility index (Phi) is 8.94. The molecule has 0 aliphatic heterocycles. The number of ether oxygens (including phenoxy) is 1. The van der Waals surface area contributed by atoms with Crippen molar-refractivity contribution in [2.24, 2.45) is 0 Å². The summed E-state index contributed by atoms with van der Waals surface area (Å²) in [5.74, 6) is -1.08. The van der Waals surface area contributed by atoms with Gasteiger partial charge in [-0.15, -0.1) is 0 Å². The second-order valence-electron chi connectivity index (χ2n) is 3.00. The van der Waals surface area contributed by atoms with Crippen molar-refractivity contribution < 1.29 is 14.3 Å². The molecule has 0 atom stereocenters. The van der Waals surface area contributed by atoms with E-state index in [0.717, 1.165) is 31.0 Å². The summed E-state index contributed by atoms with van der Waals surface area (Å²) in [4.78, 5) is 22.0. The summed E-state index contributed by atoms with van der Waals surface area (Å²) < 4.78 is 4.59. The Balaban J connectivity index is 3.39. The average molecular weight is 265 g/mol. The van der Waals surface area contributed by atoms with Gasteiger partial charge in [-0.25, -0.2) is 4.79 Å². The van der Waals surface area contributed by atoms with Crippen LogP contribution in [0.2, 0.25) is 0 Å². The lowest BCUT2D eigenvalue weighted by atomic mass is 10.1. The zero-order chi connectivity index (χ0) is 10.8. The molecule has 0 bridgehead atoms. The van der Waals surface area contributed by atoms with Crippen LogP contribution in [0.3, 0.4) is 0 Å². The van der Waals surface area contributed by atoms with Crippen LogP contribution < -0.4 is 0 Å². The van der Waals surface area contributed by atoms with Crippen molar-refractivity contribution >= 4 is 27.7 Å². The van der Waals surface area contributed by atoms with Crippen LogP contribution in [0, 0.1) is 0 Å². The van der Waals surface area contributed by atoms with Crippen molar-refractivity contribution in [2.75, 3.05) is 11.9 Å². The van der Waals surface area contributed by atoms with Crippen molar-refractivity contribution in [3.63, 3.8) is 0 Å². The van der Waals surface area contributed by atoms with Crippen LogP contribution in [0.15, 0.2) is 0 Å². The Morgan fingerprint density at radius 2 is 1.79 bits per heavy atom. The molecule has 0 aliphatic carbocycles. The first kappa shape index (κ1) is 13.6. The maximum Gasteiger partial charge on any atom is 0.374 e. The third-order valence-electron chi connectivity index (χ3n) is 1.79. The Labute approximate surface area is 93.3 Å². The van der Waals surface area contributed by atoms with Gasteiger partial charge >= 0.3 is 5.97 Å². The predicted molar refractivity (Wildman–Crippen MR) is 58.5 cm³/mol. The van der Waals surface area contributed by atoms with Gasteiger partial charge in [0.15, 0.2) is 0 Å². The van der Waals surface area contributed by atoms with Gasteiger partial charge in [-0.2, -0.15) is 0 Å². The van der Waals surface area contributed by atoms with E-state index in [2.05, 4.69) is 20.7 Å². The number of rotatable bonds is 8. The van der Waals surface area contributed by atoms with E-state index in [1.54, 1.807) is 6.92 Å². The Hall–Kier alpha value is -0.380. The van der Waals surface area contributed by atoms with Gasteiger partial charge < -0.3 is 4.74 Å². The van der Waals surface area contributed by atoms with E-state index in [9.17, 15) is 9.59 Å². The molecule has 0 unspecified atom stereocenters. The first-order valence-corrected chi connectivity index (χ1v) is 6.10. The van der Waals surface area contributed by atoms with Crippen molar-refractivity contribution in [3.05, 3.63) is 0 Å². The fourth-order valence-corrected chi connectivity index (χ4v) is 1.44. The SMILES string of the molecule is CCOC(=O)C(=O)CCCCCCBr. The summed E-state index contributed by atoms with van der Waals surface area (Å²) in [6.07, 6.45) is 4.32. The second kappa shape index (κ2) is 9.19. The lowest BCUT2D eigenvalue weighted by Gasteiger charge is -2.00. The summed E-state index contributed by atoms with van der Waals surface area (Å²) in [5.41, 5.74) is 0. The molecule has 0 rings (SSSR count). The fourth-order valence-electron chi connectivity index (χ4n) is 1.05. The van der Waals surface area contributed by atoms with E-state index >= 15 is 0 Å². The van der Waals surface area contributed by atoms with Gasteiger partial charge in [0.25, 0.3) is 0 Å². The average Bonchev–Trinajstić information content (AvgIpc) is 2.17. The highest BCUT2D eigenvalue weighted by Crippen LogP contribution is 2.05. The van der Waals surface area contributed by atoms with Gasteiger partial charge in [0.1, 0.15) is 0 Å². The number of alkyl halides is 1. The molecule has 14 heavy (non-hydrogen) atoms. The molecule has 0 saturated heterocycles. The summed E-state index contributed by atoms with van der Waals surface area (Å²) in [7, 11) is 0. The molecule has 0 heterocycles. The second-order valence-corrected chi connectivity index (χ2v) is 3.79. The van der Waals surface area contributed by atoms with Gasteiger partial charge in [0.05, 0.1) is 6.61 Å². The van der Waals surface area contributed by atoms with Gasteiger partial charge in [-0.05, 0) is 19.8 Å². The van der Waals surface area contributed by atoms with Crippen LogP contribution in [-0.2, 0) is 14.3 Å². The number of carbonyl (C=O) groups excluding carboxylic acids is 2. The summed E-state index contributed by atoms with van der Waals surface area (Å²) in [6, 6.07) is 0. The molecule has 0 aromatic carbocycles. The lowest BCUT2D eigenvalue weighted by Crippen LogP contribution is -2.16. The topological polar surface area (TPSA) is 43.4 Å². The van der Waals surface area contributed by atoms with E-state index < -0.39 is 11.8 Å². The number of Topliss-reactive ketones (excluding diaryl/α,β-unsaturated/α-hetero) is 1. The normalized spacial score (nSPS) is 9.86. The van der Waals surface area contributed by atoms with Crippen LogP contribution in [0.4, 0.5) is 0 Å². The largest absolute Gasteiger partial charge is 0.460 e. The van der Waals surface area contributed by atoms with E-state index in [1.807, 2.05) is 0 Å². The number of carbonyl (C=O) groups is 2. The molecule has 0 fully saturated rings. The summed E-state index contributed by atoms with van der Waals surface area (Å²) in [6.45, 7) is 1.97. The maximum absolute atomic E-state index is 11.1. The zero-order valence-corrected chi connectivity index (χ0v) is 10.1. The molecular formula is C10H17BrO3. The minimum absolute atomic E-state index is 0.272. The summed E-state index contributed by atoms with van der Waals surface area (Å²) in [5, 5.41) is 0.999. The molecule has 4 heteroatoms. The van der Waals surface area contributed by atoms with Crippen LogP contribution in [0.25, 0.3) is 0 Å². The number of unbranched alkanes of at least 4 members (excludes halogenated alkanes) is 3. The zero-order valence-electron chi connectivity index (χ0n) is 8.55. The molecule has 3 nitrogen and oxygen atoms in total. The standard InChI is InChI=1S/C10H17BrO3/c1-2-14-10(13)9(12)7-5-3-4-6-8-11/h2-8H2,1H3. The van der Waals surface area contributed by atoms with Gasteiger partial charge in [0.2, 0.25) is 5.78 Å². The van der Waals surface area contributed by atoms with Gasteiger partial charge in [-0.3, -0.25) is 4.79 Å². The Bertz CT molecular complexity index is 180. The third kappa shape index (κ3) is 7.06. The fraction of sp³-hybridized carbons (Fsp3) is 0.800. The van der Waals surface area contributed by atoms with Gasteiger partial charge in [0, 0.05) is 11.8 Å². The monoisotopic (exact) mass is 264 g/mol. The number of hydrogen-bond acceptors (Lipinski definition) is 3. The van der Waals surface area contributed by atoms with Crippen molar-refractivity contribution in [3.8, 4) is 0 Å². The van der Waals surface area contributed by atoms with Crippen molar-refractivity contribution in [1.82, 2.24) is 0 Å². The van der Waals surface area contributed by atoms with E-state index in [0.29, 0.717) is 6.42 Å². The molecule has 0 saturated carbocycles. The highest BCUT2D eigenvalue weighted by molar-refractivity contribution is 9.09. The lowest BCUT2D eigenvalue weighted by molar-refractivity contribution is -0.153. The summed E-state index contributed by atoms with van der Waals surface area (Å²) >= 11 is 3.33. The van der Waals surface area contributed by atoms with Crippen LogP contribution in [0.5, 0.6) is 0 Å². The molecule has 0 aromatic rings. The first-order chi connectivity index (χ1) is 6.72. The van der Waals surface area contributed by atoms with Crippen molar-refractivity contribution in [1.29, 1.82) is 0 Å². The molecule has 0 aliphatic rings. The van der Waals surface area contributed by atoms with E-state index in [4.69, 9.17) is 0 Å².